The highest BCUT2D eigenvalue weighted by Gasteiger charge is 2.50. The predicted molar refractivity (Wildman–Crippen MR) is 82.8 cm³/mol. The van der Waals surface area contributed by atoms with Gasteiger partial charge in [0, 0.05) is 29.5 Å². The normalized spacial score (nSPS) is 19.9. The van der Waals surface area contributed by atoms with Crippen LogP contribution in [0.3, 0.4) is 0 Å². The van der Waals surface area contributed by atoms with Crippen LogP contribution in [0.15, 0.2) is 36.5 Å². The molecular formula is C16H19ClF2N2O. The quantitative estimate of drug-likeness (QED) is 0.870. The van der Waals surface area contributed by atoms with E-state index in [1.807, 2.05) is 0 Å². The Hall–Kier alpha value is -1.46. The summed E-state index contributed by atoms with van der Waals surface area (Å²) < 4.78 is 26.5. The van der Waals surface area contributed by atoms with E-state index < -0.39 is 23.8 Å². The number of halogens is 3. The van der Waals surface area contributed by atoms with Gasteiger partial charge in [-0.3, -0.25) is 4.79 Å². The molecule has 1 saturated carbocycles. The van der Waals surface area contributed by atoms with E-state index in [0.717, 1.165) is 5.56 Å². The van der Waals surface area contributed by atoms with Crippen molar-refractivity contribution in [2.45, 2.75) is 37.6 Å². The average molecular weight is 329 g/mol. The van der Waals surface area contributed by atoms with Crippen molar-refractivity contribution in [1.29, 1.82) is 0 Å². The van der Waals surface area contributed by atoms with Gasteiger partial charge >= 0.3 is 0 Å². The van der Waals surface area contributed by atoms with Crippen molar-refractivity contribution in [3.8, 4) is 0 Å². The maximum absolute atomic E-state index is 13.2. The SMILES string of the molecule is C=C(C)NC(=O)[C@@H](N)[C@@H](c1ccc(Cl)cc1)C1CC(F)(F)C1. The molecule has 1 aromatic rings. The zero-order valence-electron chi connectivity index (χ0n) is 12.3. The van der Waals surface area contributed by atoms with Crippen molar-refractivity contribution in [2.24, 2.45) is 11.7 Å². The van der Waals surface area contributed by atoms with Crippen LogP contribution in [-0.4, -0.2) is 17.9 Å². The summed E-state index contributed by atoms with van der Waals surface area (Å²) in [5, 5.41) is 3.10. The first kappa shape index (κ1) is 16.9. The molecule has 0 bridgehead atoms. The van der Waals surface area contributed by atoms with Crippen molar-refractivity contribution < 1.29 is 13.6 Å². The highest BCUT2D eigenvalue weighted by molar-refractivity contribution is 6.30. The maximum Gasteiger partial charge on any atom is 0.248 e. The minimum Gasteiger partial charge on any atom is -0.329 e. The monoisotopic (exact) mass is 328 g/mol. The van der Waals surface area contributed by atoms with Gasteiger partial charge in [-0.25, -0.2) is 8.78 Å². The first-order valence-corrected chi connectivity index (χ1v) is 7.42. The van der Waals surface area contributed by atoms with Crippen LogP contribution in [-0.2, 0) is 4.79 Å². The maximum atomic E-state index is 13.2. The van der Waals surface area contributed by atoms with Crippen LogP contribution in [0.1, 0.15) is 31.2 Å². The highest BCUT2D eigenvalue weighted by atomic mass is 35.5. The fourth-order valence-corrected chi connectivity index (χ4v) is 3.00. The average Bonchev–Trinajstić information content (AvgIpc) is 2.38. The summed E-state index contributed by atoms with van der Waals surface area (Å²) in [7, 11) is 0. The predicted octanol–water partition coefficient (Wildman–Crippen LogP) is 3.45. The van der Waals surface area contributed by atoms with Gasteiger partial charge in [-0.1, -0.05) is 30.3 Å². The molecule has 3 nitrogen and oxygen atoms in total. The Balaban J connectivity index is 2.23. The summed E-state index contributed by atoms with van der Waals surface area (Å²) in [6.07, 6.45) is -0.511. The number of carbonyl (C=O) groups excluding carboxylic acids is 1. The van der Waals surface area contributed by atoms with Gasteiger partial charge in [0.1, 0.15) is 0 Å². The van der Waals surface area contributed by atoms with Crippen molar-refractivity contribution in [3.05, 3.63) is 47.1 Å². The van der Waals surface area contributed by atoms with Gasteiger partial charge in [0.15, 0.2) is 0 Å². The van der Waals surface area contributed by atoms with Crippen LogP contribution in [0.25, 0.3) is 0 Å². The third kappa shape index (κ3) is 3.84. The first-order chi connectivity index (χ1) is 10.2. The Kier molecular flexibility index (Phi) is 4.87. The Morgan fingerprint density at radius 1 is 1.41 bits per heavy atom. The minimum absolute atomic E-state index is 0.256. The van der Waals surface area contributed by atoms with Gasteiger partial charge in [0.05, 0.1) is 6.04 Å². The highest BCUT2D eigenvalue weighted by Crippen LogP contribution is 2.50. The molecule has 2 atom stereocenters. The van der Waals surface area contributed by atoms with E-state index in [0.29, 0.717) is 10.7 Å². The third-order valence-electron chi connectivity index (χ3n) is 3.91. The molecule has 2 rings (SSSR count). The molecule has 0 saturated heterocycles. The van der Waals surface area contributed by atoms with Crippen LogP contribution in [0, 0.1) is 5.92 Å². The van der Waals surface area contributed by atoms with E-state index in [4.69, 9.17) is 17.3 Å². The van der Waals surface area contributed by atoms with E-state index in [9.17, 15) is 13.6 Å². The molecule has 120 valence electrons. The summed E-state index contributed by atoms with van der Waals surface area (Å²) in [5.41, 5.74) is 7.26. The van der Waals surface area contributed by atoms with Crippen LogP contribution in [0.2, 0.25) is 5.02 Å². The molecule has 1 fully saturated rings. The fraction of sp³-hybridized carbons (Fsp3) is 0.438. The summed E-state index contributed by atoms with van der Waals surface area (Å²) in [6, 6.07) is 5.89. The van der Waals surface area contributed by atoms with Crippen molar-refractivity contribution in [1.82, 2.24) is 5.32 Å². The number of allylic oxidation sites excluding steroid dienone is 1. The zero-order valence-corrected chi connectivity index (χ0v) is 13.0. The van der Waals surface area contributed by atoms with Crippen molar-refractivity contribution in [2.75, 3.05) is 0 Å². The van der Waals surface area contributed by atoms with Gasteiger partial charge in [0.25, 0.3) is 0 Å². The molecule has 22 heavy (non-hydrogen) atoms. The van der Waals surface area contributed by atoms with Gasteiger partial charge < -0.3 is 11.1 Å². The molecule has 1 aliphatic carbocycles. The molecule has 3 N–H and O–H groups in total. The minimum atomic E-state index is -2.67. The lowest BCUT2D eigenvalue weighted by Gasteiger charge is -2.42. The molecule has 0 unspecified atom stereocenters. The summed E-state index contributed by atoms with van der Waals surface area (Å²) >= 11 is 5.86. The molecule has 0 spiro atoms. The Morgan fingerprint density at radius 2 is 1.95 bits per heavy atom. The van der Waals surface area contributed by atoms with E-state index >= 15 is 0 Å². The molecular weight excluding hydrogens is 310 g/mol. The van der Waals surface area contributed by atoms with Gasteiger partial charge in [-0.2, -0.15) is 0 Å². The number of nitrogens with one attached hydrogen (secondary N) is 1. The Morgan fingerprint density at radius 3 is 2.41 bits per heavy atom. The van der Waals surface area contributed by atoms with Crippen LogP contribution < -0.4 is 11.1 Å². The molecule has 6 heteroatoms. The summed E-state index contributed by atoms with van der Waals surface area (Å²) in [5.74, 6) is -3.89. The Bertz CT molecular complexity index is 566. The van der Waals surface area contributed by atoms with E-state index in [1.165, 1.54) is 0 Å². The number of nitrogens with two attached hydrogens (primary N) is 1. The van der Waals surface area contributed by atoms with Crippen LogP contribution in [0.4, 0.5) is 8.78 Å². The molecule has 1 aliphatic rings. The number of alkyl halides is 2. The van der Waals surface area contributed by atoms with Gasteiger partial charge in [-0.15, -0.1) is 0 Å². The summed E-state index contributed by atoms with van der Waals surface area (Å²) in [4.78, 5) is 12.1. The zero-order chi connectivity index (χ0) is 16.5. The Labute approximate surface area is 133 Å². The van der Waals surface area contributed by atoms with E-state index in [-0.39, 0.29) is 18.8 Å². The molecule has 0 radical (unpaired) electrons. The molecule has 0 aromatic heterocycles. The van der Waals surface area contributed by atoms with Crippen molar-refractivity contribution >= 4 is 17.5 Å². The topological polar surface area (TPSA) is 55.1 Å². The lowest BCUT2D eigenvalue weighted by Crippen LogP contribution is -2.50. The lowest BCUT2D eigenvalue weighted by atomic mass is 9.68. The number of hydrogen-bond acceptors (Lipinski definition) is 2. The lowest BCUT2D eigenvalue weighted by molar-refractivity contribution is -0.131. The second kappa shape index (κ2) is 6.34. The molecule has 1 aromatic carbocycles. The smallest absolute Gasteiger partial charge is 0.248 e. The first-order valence-electron chi connectivity index (χ1n) is 7.05. The third-order valence-corrected chi connectivity index (χ3v) is 4.16. The van der Waals surface area contributed by atoms with Crippen LogP contribution >= 0.6 is 11.6 Å². The van der Waals surface area contributed by atoms with Gasteiger partial charge in [0.2, 0.25) is 11.8 Å². The second-order valence-corrected chi connectivity index (χ2v) is 6.33. The molecule has 0 heterocycles. The van der Waals surface area contributed by atoms with Crippen molar-refractivity contribution in [3.63, 3.8) is 0 Å². The number of hydrogen-bond donors (Lipinski definition) is 2. The largest absolute Gasteiger partial charge is 0.329 e. The number of rotatable bonds is 5. The van der Waals surface area contributed by atoms with E-state index in [1.54, 1.807) is 31.2 Å². The number of amides is 1. The summed E-state index contributed by atoms with van der Waals surface area (Å²) in [6.45, 7) is 5.24. The van der Waals surface area contributed by atoms with Gasteiger partial charge in [-0.05, 0) is 30.5 Å². The number of carbonyl (C=O) groups is 1. The standard InChI is InChI=1S/C16H19ClF2N2O/c1-9(2)21-15(22)14(20)13(11-7-16(18,19)8-11)10-3-5-12(17)6-4-10/h3-6,11,13-14H,1,7-8,20H2,2H3,(H,21,22)/t13-,14-/m0/s1. The second-order valence-electron chi connectivity index (χ2n) is 5.90. The molecule has 1 amide bonds. The molecule has 0 aliphatic heterocycles. The number of benzene rings is 1. The van der Waals surface area contributed by atoms with Crippen LogP contribution in [0.5, 0.6) is 0 Å². The van der Waals surface area contributed by atoms with E-state index in [2.05, 4.69) is 11.9 Å². The fourth-order valence-electron chi connectivity index (χ4n) is 2.88.